The maximum Gasteiger partial charge on any atom is 0.422 e. The van der Waals surface area contributed by atoms with Crippen LogP contribution in [-0.2, 0) is 0 Å². The molecule has 4 nitrogen and oxygen atoms in total. The van der Waals surface area contributed by atoms with E-state index in [4.69, 9.17) is 0 Å². The molecule has 1 aliphatic rings. The number of rotatable bonds is 4. The van der Waals surface area contributed by atoms with Gasteiger partial charge in [-0.1, -0.05) is 12.1 Å². The van der Waals surface area contributed by atoms with Crippen LogP contribution in [0.25, 0.3) is 0 Å². The molecule has 0 N–H and O–H groups in total. The number of aliphatic imine (C=N–C) groups is 1. The lowest BCUT2D eigenvalue weighted by molar-refractivity contribution is -0.153. The minimum Gasteiger partial charge on any atom is -0.483 e. The lowest BCUT2D eigenvalue weighted by Crippen LogP contribution is -2.30. The van der Waals surface area contributed by atoms with Crippen molar-refractivity contribution in [3.8, 4) is 5.75 Å². The first-order valence-electron chi connectivity index (χ1n) is 7.48. The Labute approximate surface area is 137 Å². The summed E-state index contributed by atoms with van der Waals surface area (Å²) in [5.74, 6) is 0.101. The van der Waals surface area contributed by atoms with Gasteiger partial charge >= 0.3 is 6.18 Å². The number of hydrogen-bond acceptors (Lipinski definition) is 4. The molecule has 3 rings (SSSR count). The van der Waals surface area contributed by atoms with Gasteiger partial charge in [0, 0.05) is 6.21 Å². The van der Waals surface area contributed by atoms with E-state index in [-0.39, 0.29) is 11.8 Å². The number of benzene rings is 1. The van der Waals surface area contributed by atoms with Crippen LogP contribution in [0.2, 0.25) is 0 Å². The molecule has 1 aromatic heterocycles. The summed E-state index contributed by atoms with van der Waals surface area (Å²) in [6.45, 7) is 1.32. The van der Waals surface area contributed by atoms with Crippen LogP contribution in [0.4, 0.5) is 24.5 Å². The van der Waals surface area contributed by atoms with Crippen molar-refractivity contribution in [3.05, 3.63) is 48.3 Å². The van der Waals surface area contributed by atoms with Crippen LogP contribution >= 0.6 is 0 Å². The molecule has 1 aromatic carbocycles. The molecule has 2 heterocycles. The summed E-state index contributed by atoms with van der Waals surface area (Å²) in [6, 6.07) is 10.9. The van der Waals surface area contributed by atoms with Crippen molar-refractivity contribution in [2.75, 3.05) is 18.1 Å². The van der Waals surface area contributed by atoms with Crippen molar-refractivity contribution in [1.82, 2.24) is 4.98 Å². The van der Waals surface area contributed by atoms with E-state index in [0.29, 0.717) is 6.54 Å². The summed E-state index contributed by atoms with van der Waals surface area (Å²) in [5, 5.41) is 0. The van der Waals surface area contributed by atoms with Crippen LogP contribution in [0.3, 0.4) is 0 Å². The second-order valence-electron chi connectivity index (χ2n) is 5.45. The minimum atomic E-state index is -4.36. The van der Waals surface area contributed by atoms with Gasteiger partial charge in [-0.3, -0.25) is 9.98 Å². The molecule has 0 amide bonds. The van der Waals surface area contributed by atoms with Gasteiger partial charge in [-0.2, -0.15) is 13.2 Å². The molecule has 7 heteroatoms. The normalized spacial score (nSPS) is 15.1. The van der Waals surface area contributed by atoms with Crippen LogP contribution in [-0.4, -0.2) is 30.5 Å². The summed E-state index contributed by atoms with van der Waals surface area (Å²) >= 11 is 0. The largest absolute Gasteiger partial charge is 0.483 e. The third-order valence-corrected chi connectivity index (χ3v) is 3.76. The van der Waals surface area contributed by atoms with Crippen LogP contribution in [0.1, 0.15) is 18.7 Å². The van der Waals surface area contributed by atoms with Crippen LogP contribution < -0.4 is 9.64 Å². The number of aromatic nitrogens is 1. The highest BCUT2D eigenvalue weighted by Crippen LogP contribution is 2.35. The van der Waals surface area contributed by atoms with Crippen molar-refractivity contribution in [1.29, 1.82) is 0 Å². The zero-order valence-corrected chi connectivity index (χ0v) is 13.0. The monoisotopic (exact) mass is 335 g/mol. The Morgan fingerprint density at radius 3 is 2.71 bits per heavy atom. The maximum absolute atomic E-state index is 12.2. The molecule has 24 heavy (non-hydrogen) atoms. The van der Waals surface area contributed by atoms with Gasteiger partial charge in [0.2, 0.25) is 0 Å². The van der Waals surface area contributed by atoms with E-state index in [2.05, 4.69) is 19.6 Å². The fraction of sp³-hybridized carbons (Fsp3) is 0.294. The molecule has 1 atom stereocenters. The van der Waals surface area contributed by atoms with Gasteiger partial charge in [0.25, 0.3) is 0 Å². The fourth-order valence-electron chi connectivity index (χ4n) is 2.56. The summed E-state index contributed by atoms with van der Waals surface area (Å²) in [7, 11) is 0. The van der Waals surface area contributed by atoms with E-state index in [1.165, 1.54) is 12.3 Å². The van der Waals surface area contributed by atoms with Gasteiger partial charge in [0.05, 0.1) is 35.9 Å². The van der Waals surface area contributed by atoms with Gasteiger partial charge in [-0.25, -0.2) is 0 Å². The number of anilines is 1. The molecule has 0 aliphatic carbocycles. The number of para-hydroxylation sites is 2. The molecule has 0 saturated heterocycles. The molecule has 0 spiro atoms. The molecular formula is C17H16F3N3O. The number of fused-ring (bicyclic) bond motifs is 1. The third-order valence-electron chi connectivity index (χ3n) is 3.76. The predicted octanol–water partition coefficient (Wildman–Crippen LogP) is 4.31. The highest BCUT2D eigenvalue weighted by atomic mass is 19.4. The smallest absolute Gasteiger partial charge is 0.422 e. The fourth-order valence-corrected chi connectivity index (χ4v) is 2.56. The molecule has 0 radical (unpaired) electrons. The van der Waals surface area contributed by atoms with Crippen molar-refractivity contribution < 1.29 is 17.9 Å². The van der Waals surface area contributed by atoms with Gasteiger partial charge in [0.15, 0.2) is 6.61 Å². The average molecular weight is 335 g/mol. The van der Waals surface area contributed by atoms with E-state index in [0.717, 1.165) is 17.1 Å². The third kappa shape index (κ3) is 3.67. The topological polar surface area (TPSA) is 37.7 Å². The van der Waals surface area contributed by atoms with E-state index >= 15 is 0 Å². The molecule has 0 fully saturated rings. The molecule has 1 aliphatic heterocycles. The molecule has 0 saturated carbocycles. The van der Waals surface area contributed by atoms with Crippen LogP contribution in [0, 0.1) is 0 Å². The number of pyridine rings is 1. The Morgan fingerprint density at radius 2 is 2.00 bits per heavy atom. The zero-order valence-electron chi connectivity index (χ0n) is 13.0. The number of hydrogen-bond donors (Lipinski definition) is 0. The number of ether oxygens (including phenoxy) is 1. The molecule has 2 aromatic rings. The Hall–Kier alpha value is -2.57. The van der Waals surface area contributed by atoms with E-state index in [1.54, 1.807) is 6.07 Å². The van der Waals surface area contributed by atoms with Gasteiger partial charge in [-0.05, 0) is 31.2 Å². The quantitative estimate of drug-likeness (QED) is 0.836. The Bertz CT molecular complexity index is 729. The summed E-state index contributed by atoms with van der Waals surface area (Å²) in [4.78, 5) is 10.8. The van der Waals surface area contributed by atoms with E-state index in [1.807, 2.05) is 37.4 Å². The highest BCUT2D eigenvalue weighted by molar-refractivity contribution is 5.81. The van der Waals surface area contributed by atoms with Gasteiger partial charge in [0.1, 0.15) is 5.75 Å². The van der Waals surface area contributed by atoms with E-state index in [9.17, 15) is 13.2 Å². The average Bonchev–Trinajstić information content (AvgIpc) is 2.59. The lowest BCUT2D eigenvalue weighted by atomic mass is 10.1. The number of nitrogens with zero attached hydrogens (tertiary/aromatic N) is 3. The van der Waals surface area contributed by atoms with Crippen molar-refractivity contribution in [3.63, 3.8) is 0 Å². The van der Waals surface area contributed by atoms with Crippen LogP contribution in [0.15, 0.2) is 47.6 Å². The SMILES string of the molecule is C[C@H](c1ccc(OCC(F)(F)F)cn1)N1CC=Nc2ccccc21. The molecule has 0 unspecified atom stereocenters. The standard InChI is InChI=1S/C17H16F3N3O/c1-12(23-9-8-21-15-4-2-3-5-16(15)23)14-7-6-13(10-22-14)24-11-17(18,19)20/h2-8,10,12H,9,11H2,1H3/t12-/m1/s1. The number of alkyl halides is 3. The molecule has 126 valence electrons. The van der Waals surface area contributed by atoms with Crippen molar-refractivity contribution in [2.24, 2.45) is 4.99 Å². The highest BCUT2D eigenvalue weighted by Gasteiger charge is 2.28. The first-order valence-corrected chi connectivity index (χ1v) is 7.48. The Balaban J connectivity index is 1.74. The first-order chi connectivity index (χ1) is 11.4. The summed E-state index contributed by atoms with van der Waals surface area (Å²) < 4.78 is 41.2. The molecule has 0 bridgehead atoms. The second-order valence-corrected chi connectivity index (χ2v) is 5.45. The van der Waals surface area contributed by atoms with Crippen molar-refractivity contribution >= 4 is 17.6 Å². The zero-order chi connectivity index (χ0) is 17.2. The summed E-state index contributed by atoms with van der Waals surface area (Å²) in [5.41, 5.74) is 2.65. The minimum absolute atomic E-state index is 0.0467. The maximum atomic E-state index is 12.2. The second kappa shape index (κ2) is 6.51. The Morgan fingerprint density at radius 1 is 1.21 bits per heavy atom. The number of halogens is 3. The predicted molar refractivity (Wildman–Crippen MR) is 86.1 cm³/mol. The first kappa shape index (κ1) is 16.3. The molecular weight excluding hydrogens is 319 g/mol. The van der Waals surface area contributed by atoms with E-state index < -0.39 is 12.8 Å². The van der Waals surface area contributed by atoms with Crippen LogP contribution in [0.5, 0.6) is 5.75 Å². The van der Waals surface area contributed by atoms with Gasteiger partial charge < -0.3 is 9.64 Å². The summed E-state index contributed by atoms with van der Waals surface area (Å²) in [6.07, 6.45) is -1.20. The Kier molecular flexibility index (Phi) is 4.42. The lowest BCUT2D eigenvalue weighted by Gasteiger charge is -2.32. The van der Waals surface area contributed by atoms with Gasteiger partial charge in [-0.15, -0.1) is 0 Å². The van der Waals surface area contributed by atoms with Crippen molar-refractivity contribution in [2.45, 2.75) is 19.1 Å².